The molecule has 3 rings (SSSR count). The summed E-state index contributed by atoms with van der Waals surface area (Å²) in [5, 5.41) is 9.99. The summed E-state index contributed by atoms with van der Waals surface area (Å²) in [4.78, 5) is 0. The van der Waals surface area contributed by atoms with Crippen molar-refractivity contribution in [2.75, 3.05) is 13.2 Å². The van der Waals surface area contributed by atoms with E-state index in [-0.39, 0.29) is 0 Å². The van der Waals surface area contributed by atoms with Crippen molar-refractivity contribution in [2.45, 2.75) is 38.2 Å². The van der Waals surface area contributed by atoms with E-state index < -0.39 is 5.60 Å². The Morgan fingerprint density at radius 3 is 2.76 bits per heavy atom. The zero-order valence-corrected chi connectivity index (χ0v) is 10.2. The van der Waals surface area contributed by atoms with Crippen LogP contribution in [0.25, 0.3) is 0 Å². The van der Waals surface area contributed by atoms with Gasteiger partial charge in [-0.3, -0.25) is 0 Å². The zero-order chi connectivity index (χ0) is 11.9. The third-order valence-corrected chi connectivity index (χ3v) is 3.62. The molecule has 0 bridgehead atoms. The van der Waals surface area contributed by atoms with Crippen LogP contribution in [0.3, 0.4) is 0 Å². The molecule has 0 unspecified atom stereocenters. The second-order valence-corrected chi connectivity index (χ2v) is 5.13. The van der Waals surface area contributed by atoms with Gasteiger partial charge < -0.3 is 14.6 Å². The molecule has 1 fully saturated rings. The van der Waals surface area contributed by atoms with Crippen LogP contribution < -0.4 is 9.47 Å². The SMILES string of the molecule is Cc1c(CC2(O)CC2)ccc2c1OCCCO2. The normalized spacial score (nSPS) is 20.8. The Hall–Kier alpha value is -1.22. The van der Waals surface area contributed by atoms with Gasteiger partial charge in [-0.25, -0.2) is 0 Å². The van der Waals surface area contributed by atoms with Crippen LogP contribution in [0.1, 0.15) is 30.4 Å². The lowest BCUT2D eigenvalue weighted by atomic mass is 10.00. The molecule has 3 heteroatoms. The minimum Gasteiger partial charge on any atom is -0.490 e. The largest absolute Gasteiger partial charge is 0.490 e. The monoisotopic (exact) mass is 234 g/mol. The molecule has 1 aromatic rings. The van der Waals surface area contributed by atoms with E-state index in [1.165, 1.54) is 5.56 Å². The second kappa shape index (κ2) is 3.91. The predicted molar refractivity (Wildman–Crippen MR) is 64.7 cm³/mol. The van der Waals surface area contributed by atoms with Gasteiger partial charge in [0.2, 0.25) is 0 Å². The molecule has 17 heavy (non-hydrogen) atoms. The number of ether oxygens (including phenoxy) is 2. The van der Waals surface area contributed by atoms with Crippen LogP contribution in [0.15, 0.2) is 12.1 Å². The molecular weight excluding hydrogens is 216 g/mol. The van der Waals surface area contributed by atoms with E-state index in [0.717, 1.165) is 49.4 Å². The molecule has 1 heterocycles. The molecule has 0 radical (unpaired) electrons. The van der Waals surface area contributed by atoms with Crippen molar-refractivity contribution in [1.82, 2.24) is 0 Å². The zero-order valence-electron chi connectivity index (χ0n) is 10.2. The van der Waals surface area contributed by atoms with Crippen molar-refractivity contribution in [3.05, 3.63) is 23.3 Å². The summed E-state index contributed by atoms with van der Waals surface area (Å²) in [6, 6.07) is 4.02. The Balaban J connectivity index is 1.93. The van der Waals surface area contributed by atoms with Crippen molar-refractivity contribution < 1.29 is 14.6 Å². The molecule has 0 atom stereocenters. The number of rotatable bonds is 2. The lowest BCUT2D eigenvalue weighted by molar-refractivity contribution is 0.150. The fourth-order valence-electron chi connectivity index (χ4n) is 2.28. The fourth-order valence-corrected chi connectivity index (χ4v) is 2.28. The van der Waals surface area contributed by atoms with Gasteiger partial charge in [0.15, 0.2) is 11.5 Å². The highest BCUT2D eigenvalue weighted by atomic mass is 16.5. The summed E-state index contributed by atoms with van der Waals surface area (Å²) in [7, 11) is 0. The summed E-state index contributed by atoms with van der Waals surface area (Å²) >= 11 is 0. The van der Waals surface area contributed by atoms with Gasteiger partial charge in [-0.2, -0.15) is 0 Å². The van der Waals surface area contributed by atoms with E-state index in [2.05, 4.69) is 13.0 Å². The molecule has 0 saturated heterocycles. The molecule has 0 spiro atoms. The topological polar surface area (TPSA) is 38.7 Å². The van der Waals surface area contributed by atoms with E-state index in [9.17, 15) is 5.11 Å². The lowest BCUT2D eigenvalue weighted by Crippen LogP contribution is -2.12. The minimum atomic E-state index is -0.454. The van der Waals surface area contributed by atoms with Gasteiger partial charge in [-0.15, -0.1) is 0 Å². The smallest absolute Gasteiger partial charge is 0.164 e. The van der Waals surface area contributed by atoms with E-state index in [4.69, 9.17) is 9.47 Å². The number of hydrogen-bond acceptors (Lipinski definition) is 3. The Morgan fingerprint density at radius 1 is 1.24 bits per heavy atom. The number of aliphatic hydroxyl groups is 1. The van der Waals surface area contributed by atoms with Crippen LogP contribution in [0.5, 0.6) is 11.5 Å². The third-order valence-electron chi connectivity index (χ3n) is 3.62. The van der Waals surface area contributed by atoms with E-state index in [1.54, 1.807) is 0 Å². The molecule has 1 aliphatic heterocycles. The molecular formula is C14H18O3. The van der Waals surface area contributed by atoms with Gasteiger partial charge in [0.05, 0.1) is 18.8 Å². The molecule has 2 aliphatic rings. The fraction of sp³-hybridized carbons (Fsp3) is 0.571. The molecule has 1 aromatic carbocycles. The minimum absolute atomic E-state index is 0.454. The van der Waals surface area contributed by atoms with E-state index in [0.29, 0.717) is 6.61 Å². The van der Waals surface area contributed by atoms with Crippen molar-refractivity contribution in [3.63, 3.8) is 0 Å². The van der Waals surface area contributed by atoms with Crippen molar-refractivity contribution in [2.24, 2.45) is 0 Å². The van der Waals surface area contributed by atoms with Crippen LogP contribution in [-0.4, -0.2) is 23.9 Å². The summed E-state index contributed by atoms with van der Waals surface area (Å²) in [6.45, 7) is 3.48. The molecule has 0 amide bonds. The van der Waals surface area contributed by atoms with Gasteiger partial charge >= 0.3 is 0 Å². The molecule has 1 aliphatic carbocycles. The summed E-state index contributed by atoms with van der Waals surface area (Å²) in [6.07, 6.45) is 3.49. The van der Waals surface area contributed by atoms with Crippen molar-refractivity contribution in [3.8, 4) is 11.5 Å². The van der Waals surface area contributed by atoms with E-state index >= 15 is 0 Å². The number of fused-ring (bicyclic) bond motifs is 1. The predicted octanol–water partition coefficient (Wildman–Crippen LogP) is 2.22. The van der Waals surface area contributed by atoms with Crippen LogP contribution in [0.2, 0.25) is 0 Å². The Kier molecular flexibility index (Phi) is 2.51. The highest BCUT2D eigenvalue weighted by Crippen LogP contribution is 2.42. The second-order valence-electron chi connectivity index (χ2n) is 5.13. The van der Waals surface area contributed by atoms with Crippen LogP contribution in [0, 0.1) is 6.92 Å². The first-order valence-corrected chi connectivity index (χ1v) is 6.28. The first-order valence-electron chi connectivity index (χ1n) is 6.28. The molecule has 92 valence electrons. The quantitative estimate of drug-likeness (QED) is 0.852. The average Bonchev–Trinajstić information content (AvgIpc) is 3.06. The molecule has 1 N–H and O–H groups in total. The Labute approximate surface area is 101 Å². The lowest BCUT2D eigenvalue weighted by Gasteiger charge is -2.15. The summed E-state index contributed by atoms with van der Waals surface area (Å²) in [5.41, 5.74) is 1.84. The maximum atomic E-state index is 9.99. The van der Waals surface area contributed by atoms with Gasteiger partial charge in [0.1, 0.15) is 0 Å². The first-order chi connectivity index (χ1) is 8.18. The molecule has 1 saturated carbocycles. The average molecular weight is 234 g/mol. The maximum Gasteiger partial charge on any atom is 0.164 e. The van der Waals surface area contributed by atoms with Gasteiger partial charge in [0.25, 0.3) is 0 Å². The van der Waals surface area contributed by atoms with Gasteiger partial charge in [-0.1, -0.05) is 6.07 Å². The van der Waals surface area contributed by atoms with Gasteiger partial charge in [-0.05, 0) is 37.0 Å². The molecule has 0 aromatic heterocycles. The number of hydrogen-bond donors (Lipinski definition) is 1. The standard InChI is InChI=1S/C14H18O3/c1-10-11(9-14(15)5-6-14)3-4-12-13(10)17-8-2-7-16-12/h3-4,15H,2,5-9H2,1H3. The highest BCUT2D eigenvalue weighted by molar-refractivity contribution is 5.51. The third kappa shape index (κ3) is 2.12. The highest BCUT2D eigenvalue weighted by Gasteiger charge is 2.40. The maximum absolute atomic E-state index is 9.99. The van der Waals surface area contributed by atoms with Crippen LogP contribution in [-0.2, 0) is 6.42 Å². The van der Waals surface area contributed by atoms with Crippen molar-refractivity contribution >= 4 is 0 Å². The summed E-state index contributed by atoms with van der Waals surface area (Å²) in [5.74, 6) is 1.70. The Bertz CT molecular complexity index is 435. The number of benzene rings is 1. The summed E-state index contributed by atoms with van der Waals surface area (Å²) < 4.78 is 11.4. The first kappa shape index (κ1) is 10.9. The van der Waals surface area contributed by atoms with Crippen LogP contribution >= 0.6 is 0 Å². The van der Waals surface area contributed by atoms with Crippen molar-refractivity contribution in [1.29, 1.82) is 0 Å². The molecule has 3 nitrogen and oxygen atoms in total. The van der Waals surface area contributed by atoms with Gasteiger partial charge in [0, 0.05) is 12.8 Å². The van der Waals surface area contributed by atoms with E-state index in [1.807, 2.05) is 6.07 Å². The van der Waals surface area contributed by atoms with Crippen LogP contribution in [0.4, 0.5) is 0 Å². The Morgan fingerprint density at radius 2 is 2.00 bits per heavy atom.